The summed E-state index contributed by atoms with van der Waals surface area (Å²) in [7, 11) is 2.09. The summed E-state index contributed by atoms with van der Waals surface area (Å²) >= 11 is 5.93. The van der Waals surface area contributed by atoms with Gasteiger partial charge in [-0.2, -0.15) is 0 Å². The van der Waals surface area contributed by atoms with Gasteiger partial charge in [-0.1, -0.05) is 11.6 Å². The molecule has 0 bridgehead atoms. The SMILES string of the molecule is CN(c1ccc(Cl)cc1)C1CCN(C(=O)OC(C)(C)C)CC1. The molecule has 0 spiro atoms. The maximum absolute atomic E-state index is 12.1. The van der Waals surface area contributed by atoms with E-state index < -0.39 is 5.60 Å². The third-order valence-electron chi connectivity index (χ3n) is 3.90. The van der Waals surface area contributed by atoms with Crippen LogP contribution in [0.2, 0.25) is 5.02 Å². The van der Waals surface area contributed by atoms with Gasteiger partial charge in [-0.15, -0.1) is 0 Å². The number of hydrogen-bond donors (Lipinski definition) is 0. The molecule has 1 amide bonds. The Labute approximate surface area is 138 Å². The number of carbonyl (C=O) groups excluding carboxylic acids is 1. The Balaban J connectivity index is 1.89. The van der Waals surface area contributed by atoms with Crippen molar-refractivity contribution in [3.63, 3.8) is 0 Å². The normalized spacial score (nSPS) is 16.5. The van der Waals surface area contributed by atoms with Crippen LogP contribution in [0.15, 0.2) is 24.3 Å². The maximum atomic E-state index is 12.1. The zero-order valence-corrected chi connectivity index (χ0v) is 14.6. The van der Waals surface area contributed by atoms with Crippen molar-refractivity contribution in [1.29, 1.82) is 0 Å². The van der Waals surface area contributed by atoms with E-state index in [0.717, 1.165) is 36.6 Å². The highest BCUT2D eigenvalue weighted by atomic mass is 35.5. The second-order valence-electron chi connectivity index (χ2n) is 6.79. The first-order chi connectivity index (χ1) is 10.3. The van der Waals surface area contributed by atoms with Crippen LogP contribution >= 0.6 is 11.6 Å². The number of hydrogen-bond acceptors (Lipinski definition) is 3. The predicted octanol–water partition coefficient (Wildman–Crippen LogP) is 4.18. The van der Waals surface area contributed by atoms with Gasteiger partial charge in [0.05, 0.1) is 0 Å². The minimum Gasteiger partial charge on any atom is -0.444 e. The monoisotopic (exact) mass is 324 g/mol. The van der Waals surface area contributed by atoms with Crippen molar-refractivity contribution in [3.8, 4) is 0 Å². The van der Waals surface area contributed by atoms with Crippen molar-refractivity contribution in [2.45, 2.75) is 45.3 Å². The largest absolute Gasteiger partial charge is 0.444 e. The molecule has 0 aliphatic carbocycles. The molecule has 5 heteroatoms. The fraction of sp³-hybridized carbons (Fsp3) is 0.588. The van der Waals surface area contributed by atoms with Gasteiger partial charge >= 0.3 is 6.09 Å². The summed E-state index contributed by atoms with van der Waals surface area (Å²) in [6.45, 7) is 7.15. The van der Waals surface area contributed by atoms with Crippen LogP contribution in [0.5, 0.6) is 0 Å². The van der Waals surface area contributed by atoms with Gasteiger partial charge < -0.3 is 14.5 Å². The molecule has 1 aliphatic heterocycles. The molecule has 1 aromatic rings. The molecule has 0 atom stereocenters. The van der Waals surface area contributed by atoms with Gasteiger partial charge in [-0.25, -0.2) is 4.79 Å². The molecule has 0 aromatic heterocycles. The average Bonchev–Trinajstić information content (AvgIpc) is 2.46. The van der Waals surface area contributed by atoms with Crippen molar-refractivity contribution in [1.82, 2.24) is 4.90 Å². The van der Waals surface area contributed by atoms with Crippen molar-refractivity contribution < 1.29 is 9.53 Å². The Hall–Kier alpha value is -1.42. The molecule has 0 saturated carbocycles. The summed E-state index contributed by atoms with van der Waals surface area (Å²) in [6.07, 6.45) is 1.68. The lowest BCUT2D eigenvalue weighted by Gasteiger charge is -2.38. The van der Waals surface area contributed by atoms with Crippen LogP contribution in [0, 0.1) is 0 Å². The van der Waals surface area contributed by atoms with Crippen LogP contribution in [0.1, 0.15) is 33.6 Å². The van der Waals surface area contributed by atoms with Gasteiger partial charge in [-0.05, 0) is 57.9 Å². The Morgan fingerprint density at radius 2 is 1.77 bits per heavy atom. The van der Waals surface area contributed by atoms with Gasteiger partial charge in [0, 0.05) is 36.9 Å². The number of benzene rings is 1. The van der Waals surface area contributed by atoms with Gasteiger partial charge in [0.1, 0.15) is 5.60 Å². The number of halogens is 1. The maximum Gasteiger partial charge on any atom is 0.410 e. The van der Waals surface area contributed by atoms with E-state index in [1.165, 1.54) is 0 Å². The van der Waals surface area contributed by atoms with Crippen LogP contribution in [0.25, 0.3) is 0 Å². The van der Waals surface area contributed by atoms with Gasteiger partial charge in [0.25, 0.3) is 0 Å². The Kier molecular flexibility index (Phi) is 5.22. The van der Waals surface area contributed by atoms with Gasteiger partial charge in [0.2, 0.25) is 0 Å². The summed E-state index contributed by atoms with van der Waals surface area (Å²) in [5.74, 6) is 0. The molecule has 1 aromatic carbocycles. The molecule has 22 heavy (non-hydrogen) atoms. The lowest BCUT2D eigenvalue weighted by Crippen LogP contribution is -2.47. The molecule has 4 nitrogen and oxygen atoms in total. The average molecular weight is 325 g/mol. The van der Waals surface area contributed by atoms with E-state index in [2.05, 4.69) is 11.9 Å². The summed E-state index contributed by atoms with van der Waals surface area (Å²) in [4.78, 5) is 16.1. The number of likely N-dealkylation sites (tertiary alicyclic amines) is 1. The highest BCUT2D eigenvalue weighted by molar-refractivity contribution is 6.30. The van der Waals surface area contributed by atoms with E-state index in [9.17, 15) is 4.79 Å². The fourth-order valence-corrected chi connectivity index (χ4v) is 2.78. The summed E-state index contributed by atoms with van der Waals surface area (Å²) in [6, 6.07) is 8.30. The third kappa shape index (κ3) is 4.54. The molecule has 1 aliphatic rings. The summed E-state index contributed by atoms with van der Waals surface area (Å²) in [5.41, 5.74) is 0.716. The smallest absolute Gasteiger partial charge is 0.410 e. The van der Waals surface area contributed by atoms with Crippen LogP contribution in [-0.4, -0.2) is 42.8 Å². The number of rotatable bonds is 2. The lowest BCUT2D eigenvalue weighted by atomic mass is 10.0. The molecule has 1 heterocycles. The second-order valence-corrected chi connectivity index (χ2v) is 7.22. The number of carbonyl (C=O) groups is 1. The lowest BCUT2D eigenvalue weighted by molar-refractivity contribution is 0.0205. The highest BCUT2D eigenvalue weighted by Crippen LogP contribution is 2.24. The van der Waals surface area contributed by atoms with Gasteiger partial charge in [-0.3, -0.25) is 0 Å². The molecular weight excluding hydrogens is 300 g/mol. The van der Waals surface area contributed by atoms with E-state index in [0.29, 0.717) is 6.04 Å². The van der Waals surface area contributed by atoms with E-state index in [4.69, 9.17) is 16.3 Å². The van der Waals surface area contributed by atoms with Crippen molar-refractivity contribution in [2.24, 2.45) is 0 Å². The third-order valence-corrected chi connectivity index (χ3v) is 4.15. The highest BCUT2D eigenvalue weighted by Gasteiger charge is 2.28. The van der Waals surface area contributed by atoms with Crippen LogP contribution in [-0.2, 0) is 4.74 Å². The van der Waals surface area contributed by atoms with Crippen molar-refractivity contribution in [2.75, 3.05) is 25.0 Å². The molecule has 2 rings (SSSR count). The Morgan fingerprint density at radius 1 is 1.23 bits per heavy atom. The fourth-order valence-electron chi connectivity index (χ4n) is 2.65. The van der Waals surface area contributed by atoms with E-state index >= 15 is 0 Å². The summed E-state index contributed by atoms with van der Waals surface area (Å²) in [5, 5.41) is 0.747. The quantitative estimate of drug-likeness (QED) is 0.818. The van der Waals surface area contributed by atoms with E-state index in [1.54, 1.807) is 4.90 Å². The predicted molar refractivity (Wildman–Crippen MR) is 90.7 cm³/mol. The summed E-state index contributed by atoms with van der Waals surface area (Å²) < 4.78 is 5.43. The number of piperidine rings is 1. The molecule has 0 radical (unpaired) electrons. The van der Waals surface area contributed by atoms with Crippen LogP contribution in [0.4, 0.5) is 10.5 Å². The second kappa shape index (κ2) is 6.78. The molecule has 1 fully saturated rings. The number of nitrogens with zero attached hydrogens (tertiary/aromatic N) is 2. The topological polar surface area (TPSA) is 32.8 Å². The van der Waals surface area contributed by atoms with E-state index in [1.807, 2.05) is 45.0 Å². The van der Waals surface area contributed by atoms with Crippen LogP contribution < -0.4 is 4.90 Å². The molecule has 122 valence electrons. The number of amides is 1. The Morgan fingerprint density at radius 3 is 2.27 bits per heavy atom. The first-order valence-electron chi connectivity index (χ1n) is 7.72. The number of anilines is 1. The molecule has 0 N–H and O–H groups in total. The van der Waals surface area contributed by atoms with E-state index in [-0.39, 0.29) is 6.09 Å². The molecule has 0 unspecified atom stereocenters. The minimum atomic E-state index is -0.436. The zero-order chi connectivity index (χ0) is 16.3. The van der Waals surface area contributed by atoms with Crippen LogP contribution in [0.3, 0.4) is 0 Å². The first kappa shape index (κ1) is 16.9. The molecule has 1 saturated heterocycles. The Bertz CT molecular complexity index is 502. The first-order valence-corrected chi connectivity index (χ1v) is 8.10. The van der Waals surface area contributed by atoms with Gasteiger partial charge in [0.15, 0.2) is 0 Å². The molecular formula is C17H25ClN2O2. The van der Waals surface area contributed by atoms with Crippen molar-refractivity contribution >= 4 is 23.4 Å². The minimum absolute atomic E-state index is 0.208. The number of ether oxygens (including phenoxy) is 1. The standard InChI is InChI=1S/C17H25ClN2O2/c1-17(2,3)22-16(21)20-11-9-15(10-12-20)19(4)14-7-5-13(18)6-8-14/h5-8,15H,9-12H2,1-4H3. The van der Waals surface area contributed by atoms with Crippen molar-refractivity contribution in [3.05, 3.63) is 29.3 Å². The zero-order valence-electron chi connectivity index (χ0n) is 13.8.